The van der Waals surface area contributed by atoms with Crippen molar-refractivity contribution in [3.05, 3.63) is 137 Å². The molecule has 87 heavy (non-hydrogen) atoms. The predicted octanol–water partition coefficient (Wildman–Crippen LogP) is 24.4. The molecule has 16 rings (SSSR count). The van der Waals surface area contributed by atoms with Crippen molar-refractivity contribution in [2.45, 2.75) is 298 Å². The van der Waals surface area contributed by atoms with Gasteiger partial charge < -0.3 is 14.9 Å². The van der Waals surface area contributed by atoms with Gasteiger partial charge in [-0.05, 0) is 338 Å². The van der Waals surface area contributed by atoms with Gasteiger partial charge >= 0.3 is 37.9 Å². The SMILES string of the molecule is CC1=Cc2c3c(c4c(c2C1[Si](C)(C)C1C(C)=Cc2c5c(c6c(c21)CC(C)(C)C6)CCCC5)CC(C)(C)C4)CCCC3.CC1CC2C3=C(CCCC3)C3=C(CC(C)(C)C3)C2C1[Si](C)(C)C1C(C)CC2C3=C(CCCC3)C3=C(CC(C)(C)C3)C21.[CH3-].[CH3-].[Cl][Zr+2][Cl]. The second-order valence-electron chi connectivity index (χ2n) is 36.5. The van der Waals surface area contributed by atoms with Gasteiger partial charge in [-0.2, -0.15) is 0 Å². The first-order valence-corrected chi connectivity index (χ1v) is 48.4. The van der Waals surface area contributed by atoms with Gasteiger partial charge in [0.25, 0.3) is 0 Å². The molecule has 0 heterocycles. The van der Waals surface area contributed by atoms with Crippen molar-refractivity contribution in [3.63, 3.8) is 0 Å². The Morgan fingerprint density at radius 1 is 0.391 bits per heavy atom. The van der Waals surface area contributed by atoms with Gasteiger partial charge in [0.05, 0.1) is 16.1 Å². The van der Waals surface area contributed by atoms with Crippen LogP contribution >= 0.6 is 17.0 Å². The average molecular weight is 1320 g/mol. The Labute approximate surface area is 554 Å². The molecule has 0 N–H and O–H groups in total. The second kappa shape index (κ2) is 23.3. The first-order chi connectivity index (χ1) is 40.2. The Kier molecular flexibility index (Phi) is 17.6. The molecule has 2 aromatic rings. The minimum absolute atomic E-state index is 0. The van der Waals surface area contributed by atoms with Crippen LogP contribution in [-0.4, -0.2) is 16.1 Å². The minimum atomic E-state index is -1.87. The second-order valence-corrected chi connectivity index (χ2v) is 50.0. The summed E-state index contributed by atoms with van der Waals surface area (Å²) in [6.45, 7) is 42.6. The van der Waals surface area contributed by atoms with Crippen molar-refractivity contribution < 1.29 is 20.8 Å². The maximum atomic E-state index is 4.93. The van der Waals surface area contributed by atoms with Crippen LogP contribution < -0.4 is 0 Å². The fourth-order valence-corrected chi connectivity index (χ4v) is 36.8. The fraction of sp³-hybridized carbons (Fsp3) is 0.683. The summed E-state index contributed by atoms with van der Waals surface area (Å²) in [4.78, 5) is 0. The van der Waals surface area contributed by atoms with E-state index in [9.17, 15) is 0 Å². The van der Waals surface area contributed by atoms with E-state index < -0.39 is 37.0 Å². The summed E-state index contributed by atoms with van der Waals surface area (Å²) in [6, 6.07) is 0. The molecule has 2 saturated carbocycles. The quantitative estimate of drug-likeness (QED) is 0.211. The van der Waals surface area contributed by atoms with E-state index in [1.54, 1.807) is 66.8 Å². The normalized spacial score (nSPS) is 32.8. The van der Waals surface area contributed by atoms with Crippen molar-refractivity contribution in [2.75, 3.05) is 0 Å². The standard InChI is InChI=1S/C40H60Si.C40H52Si.2CH3.2ClH.Zr/c2*1-23-17-29-25-13-9-11-15-27(25)31-19-39(3,4)21-33(31)35(29)37(23)41(7,8)38-24(2)18-30-26-14-10-12-16-28(26)32-20-40(5,6)22-34(32)36(30)38;;;;;/h23-24,29-30,35-38H,9-22H2,1-8H3;17-18,37-38H,9-16,19-22H2,1-8H3;2*1H3;2*1H;/q;;2*-1;;;+4/p-2. The molecule has 5 heteroatoms. The molecule has 0 bridgehead atoms. The summed E-state index contributed by atoms with van der Waals surface area (Å²) < 4.78 is 0. The van der Waals surface area contributed by atoms with Gasteiger partial charge in [0.15, 0.2) is 0 Å². The van der Waals surface area contributed by atoms with E-state index in [2.05, 4.69) is 121 Å². The van der Waals surface area contributed by atoms with Gasteiger partial charge in [0, 0.05) is 11.1 Å². The van der Waals surface area contributed by atoms with E-state index in [4.69, 9.17) is 17.0 Å². The van der Waals surface area contributed by atoms with Crippen LogP contribution in [0.1, 0.15) is 277 Å². The van der Waals surface area contributed by atoms with Crippen molar-refractivity contribution in [1.82, 2.24) is 0 Å². The molecule has 0 aromatic heterocycles. The Hall–Kier alpha value is -1.22. The van der Waals surface area contributed by atoms with Crippen LogP contribution in [0, 0.1) is 72.0 Å². The zero-order valence-corrected chi connectivity index (χ0v) is 64.5. The molecule has 0 amide bonds. The number of benzene rings is 2. The monoisotopic (exact) mass is 1320 g/mol. The van der Waals surface area contributed by atoms with Gasteiger partial charge in [-0.25, -0.2) is 0 Å². The molecule has 0 radical (unpaired) electrons. The summed E-state index contributed by atoms with van der Waals surface area (Å²) in [6.07, 6.45) is 41.4. The molecule has 14 aliphatic rings. The van der Waals surface area contributed by atoms with Crippen molar-refractivity contribution in [2.24, 2.45) is 57.2 Å². The third-order valence-corrected chi connectivity index (χ3v) is 37.1. The number of hydrogen-bond donors (Lipinski definition) is 0. The topological polar surface area (TPSA) is 0 Å². The zero-order chi connectivity index (χ0) is 60.0. The third kappa shape index (κ3) is 10.5. The van der Waals surface area contributed by atoms with E-state index in [-0.39, 0.29) is 14.9 Å². The van der Waals surface area contributed by atoms with Crippen LogP contribution in [0.5, 0.6) is 0 Å². The van der Waals surface area contributed by atoms with E-state index in [1.165, 1.54) is 167 Å². The molecular formula is C82H118Cl2Si2Zr. The number of halogens is 2. The molecule has 0 aliphatic heterocycles. The van der Waals surface area contributed by atoms with E-state index >= 15 is 0 Å². The first-order valence-electron chi connectivity index (χ1n) is 35.8. The van der Waals surface area contributed by atoms with E-state index in [0.29, 0.717) is 32.7 Å². The molecule has 2 fully saturated rings. The Morgan fingerprint density at radius 3 is 1.09 bits per heavy atom. The molecule has 472 valence electrons. The van der Waals surface area contributed by atoms with Gasteiger partial charge in [0.1, 0.15) is 0 Å². The summed E-state index contributed by atoms with van der Waals surface area (Å²) in [5.74, 6) is 5.41. The van der Waals surface area contributed by atoms with Gasteiger partial charge in [-0.1, -0.05) is 141 Å². The molecule has 2 aromatic carbocycles. The molecule has 10 unspecified atom stereocenters. The number of allylic oxidation sites excluding steroid dienone is 10. The number of rotatable bonds is 4. The average Bonchev–Trinajstić information content (AvgIpc) is 1.60. The summed E-state index contributed by atoms with van der Waals surface area (Å²) in [7, 11) is 6.38. The van der Waals surface area contributed by atoms with Crippen molar-refractivity contribution in [1.29, 1.82) is 0 Å². The van der Waals surface area contributed by atoms with Crippen LogP contribution in [-0.2, 0) is 72.2 Å². The molecule has 0 nitrogen and oxygen atoms in total. The molecule has 14 aliphatic carbocycles. The predicted molar refractivity (Wildman–Crippen MR) is 381 cm³/mol. The van der Waals surface area contributed by atoms with E-state index in [1.807, 2.05) is 55.7 Å². The number of hydrogen-bond acceptors (Lipinski definition) is 0. The van der Waals surface area contributed by atoms with Crippen LogP contribution in [0.4, 0.5) is 0 Å². The van der Waals surface area contributed by atoms with Crippen molar-refractivity contribution in [3.8, 4) is 0 Å². The maximum absolute atomic E-state index is 4.93. The van der Waals surface area contributed by atoms with Gasteiger partial charge in [-0.3, -0.25) is 0 Å². The van der Waals surface area contributed by atoms with Crippen LogP contribution in [0.25, 0.3) is 12.2 Å². The molecule has 10 atom stereocenters. The third-order valence-electron chi connectivity index (χ3n) is 27.3. The van der Waals surface area contributed by atoms with Crippen LogP contribution in [0.3, 0.4) is 0 Å². The summed E-state index contributed by atoms with van der Waals surface area (Å²) >= 11 is -0.826. The molecule has 0 saturated heterocycles. The van der Waals surface area contributed by atoms with Gasteiger partial charge in [0.2, 0.25) is 0 Å². The molecular weight excluding hydrogens is 1200 g/mol. The Morgan fingerprint density at radius 2 is 0.713 bits per heavy atom. The summed E-state index contributed by atoms with van der Waals surface area (Å²) in [5.41, 5.74) is 45.5. The first kappa shape index (κ1) is 65.8. The Bertz CT molecular complexity index is 3140. The number of fused-ring (bicyclic) bond motifs is 20. The van der Waals surface area contributed by atoms with Crippen molar-refractivity contribution >= 4 is 45.3 Å². The zero-order valence-electron chi connectivity index (χ0n) is 58.6. The Balaban J connectivity index is 0.000000159. The molecule has 0 spiro atoms. The van der Waals surface area contributed by atoms with Gasteiger partial charge in [-0.15, -0.1) is 0 Å². The fourth-order valence-electron chi connectivity index (χ4n) is 25.4. The van der Waals surface area contributed by atoms with Crippen LogP contribution in [0.15, 0.2) is 55.7 Å². The van der Waals surface area contributed by atoms with Crippen LogP contribution in [0.2, 0.25) is 37.3 Å². The van der Waals surface area contributed by atoms with E-state index in [0.717, 1.165) is 46.6 Å². The summed E-state index contributed by atoms with van der Waals surface area (Å²) in [5, 5.41) is 0.